The van der Waals surface area contributed by atoms with Crippen molar-refractivity contribution in [3.63, 3.8) is 0 Å². The largest absolute Gasteiger partial charge is 0.481 e. The van der Waals surface area contributed by atoms with Crippen LogP contribution in [0.1, 0.15) is 35.6 Å². The number of carbonyl (C=O) groups is 1. The third kappa shape index (κ3) is 5.75. The molecule has 2 aromatic heterocycles. The number of nitrogens with zero attached hydrogens (tertiary/aromatic N) is 4. The number of benzene rings is 1. The molecule has 204 valence electrons. The lowest BCUT2D eigenvalue weighted by Gasteiger charge is -2.32. The summed E-state index contributed by atoms with van der Waals surface area (Å²) >= 11 is 0. The molecule has 10 heteroatoms. The van der Waals surface area contributed by atoms with Gasteiger partial charge in [-0.15, -0.1) is 0 Å². The van der Waals surface area contributed by atoms with Crippen LogP contribution < -0.4 is 15.0 Å². The van der Waals surface area contributed by atoms with Crippen LogP contribution in [0.2, 0.25) is 0 Å². The Morgan fingerprint density at radius 3 is 2.51 bits per heavy atom. The van der Waals surface area contributed by atoms with Gasteiger partial charge in [-0.25, -0.2) is 4.98 Å². The Labute approximate surface area is 225 Å². The minimum atomic E-state index is -4.52. The van der Waals surface area contributed by atoms with E-state index in [2.05, 4.69) is 15.3 Å². The summed E-state index contributed by atoms with van der Waals surface area (Å²) in [4.78, 5) is 24.8. The van der Waals surface area contributed by atoms with Crippen molar-refractivity contribution in [3.05, 3.63) is 77.9 Å². The highest BCUT2D eigenvalue weighted by atomic mass is 19.4. The Morgan fingerprint density at radius 2 is 1.82 bits per heavy atom. The van der Waals surface area contributed by atoms with Crippen molar-refractivity contribution in [2.45, 2.75) is 24.9 Å². The second kappa shape index (κ2) is 11.1. The molecule has 1 unspecified atom stereocenters. The number of anilines is 1. The molecule has 7 nitrogen and oxygen atoms in total. The maximum absolute atomic E-state index is 14.3. The van der Waals surface area contributed by atoms with E-state index in [1.807, 2.05) is 18.2 Å². The molecule has 39 heavy (non-hydrogen) atoms. The molecule has 1 aromatic carbocycles. The fourth-order valence-electron chi connectivity index (χ4n) is 5.18. The fourth-order valence-corrected chi connectivity index (χ4v) is 5.18. The van der Waals surface area contributed by atoms with Crippen molar-refractivity contribution in [1.82, 2.24) is 20.2 Å². The first-order valence-electron chi connectivity index (χ1n) is 12.9. The maximum Gasteiger partial charge on any atom is 0.418 e. The third-order valence-corrected chi connectivity index (χ3v) is 7.27. The van der Waals surface area contributed by atoms with Gasteiger partial charge in [0, 0.05) is 87.0 Å². The van der Waals surface area contributed by atoms with Gasteiger partial charge in [0.1, 0.15) is 0 Å². The lowest BCUT2D eigenvalue weighted by atomic mass is 9.84. The number of carbonyl (C=O) groups excluding carboxylic acids is 1. The summed E-state index contributed by atoms with van der Waals surface area (Å²) in [5, 5.41) is 3.18. The first-order valence-corrected chi connectivity index (χ1v) is 12.9. The van der Waals surface area contributed by atoms with Crippen molar-refractivity contribution in [2.24, 2.45) is 0 Å². The van der Waals surface area contributed by atoms with E-state index in [-0.39, 0.29) is 18.0 Å². The van der Waals surface area contributed by atoms with Crippen molar-refractivity contribution >= 4 is 17.2 Å². The molecule has 1 atom stereocenters. The summed E-state index contributed by atoms with van der Waals surface area (Å²) in [5.74, 6) is -0.0581. The molecule has 5 rings (SSSR count). The number of halogens is 3. The molecule has 0 radical (unpaired) electrons. The van der Waals surface area contributed by atoms with Gasteiger partial charge in [0.15, 0.2) is 0 Å². The minimum absolute atomic E-state index is 0.0982. The topological polar surface area (TPSA) is 70.6 Å². The first kappa shape index (κ1) is 26.7. The summed E-state index contributed by atoms with van der Waals surface area (Å²) in [7, 11) is 3.21. The van der Waals surface area contributed by atoms with Crippen LogP contribution in [0.25, 0.3) is 16.7 Å². The lowest BCUT2D eigenvalue weighted by molar-refractivity contribution is -0.137. The van der Waals surface area contributed by atoms with Gasteiger partial charge in [0.2, 0.25) is 11.8 Å². The Hall–Kier alpha value is -3.92. The first-order chi connectivity index (χ1) is 18.7. The van der Waals surface area contributed by atoms with Crippen molar-refractivity contribution in [1.29, 1.82) is 0 Å². The number of allylic oxidation sites excluding steroid dienone is 1. The molecule has 1 fully saturated rings. The average Bonchev–Trinajstić information content (AvgIpc) is 3.11. The number of pyridine rings is 2. The van der Waals surface area contributed by atoms with Crippen LogP contribution in [-0.2, 0) is 11.0 Å². The summed E-state index contributed by atoms with van der Waals surface area (Å²) < 4.78 is 48.1. The standard InChI is InChI=1S/C29H30F3N5O2/c1-36-18-23(25-16-19(9-10-34-25)21-4-7-27(39-2)35-17-21)22(5-8-28(36)38)20-3-6-26(24(15-20)29(30,31)32)37-13-11-33-12-14-37/h3-4,6-7,9-10,15-18,22,33H,5,8,11-14H2,1-2H3. The van der Waals surface area contributed by atoms with E-state index in [4.69, 9.17) is 4.74 Å². The van der Waals surface area contributed by atoms with E-state index < -0.39 is 17.7 Å². The van der Waals surface area contributed by atoms with Gasteiger partial charge < -0.3 is 19.9 Å². The normalized spacial score (nSPS) is 18.5. The minimum Gasteiger partial charge on any atom is -0.481 e. The van der Waals surface area contributed by atoms with Crippen molar-refractivity contribution < 1.29 is 22.7 Å². The van der Waals surface area contributed by atoms with E-state index in [0.29, 0.717) is 55.3 Å². The van der Waals surface area contributed by atoms with Gasteiger partial charge >= 0.3 is 6.18 Å². The number of nitrogens with one attached hydrogen (secondary N) is 1. The number of rotatable bonds is 5. The Morgan fingerprint density at radius 1 is 1.03 bits per heavy atom. The monoisotopic (exact) mass is 537 g/mol. The second-order valence-corrected chi connectivity index (χ2v) is 9.71. The number of aromatic nitrogens is 2. The SMILES string of the molecule is COc1ccc(-c2ccnc(C3=CN(C)C(=O)CCC3c3ccc(N4CCNCC4)c(C(F)(F)F)c3)c2)cn1. The van der Waals surface area contributed by atoms with Crippen LogP contribution in [0.5, 0.6) is 5.88 Å². The fraction of sp³-hybridized carbons (Fsp3) is 0.345. The second-order valence-electron chi connectivity index (χ2n) is 9.71. The van der Waals surface area contributed by atoms with Crippen LogP contribution in [0.4, 0.5) is 18.9 Å². The van der Waals surface area contributed by atoms with Crippen molar-refractivity contribution in [2.75, 3.05) is 45.2 Å². The average molecular weight is 538 g/mol. The number of hydrogen-bond donors (Lipinski definition) is 1. The summed E-state index contributed by atoms with van der Waals surface area (Å²) in [6.07, 6.45) is 1.12. The van der Waals surface area contributed by atoms with Crippen LogP contribution in [0, 0.1) is 0 Å². The lowest BCUT2D eigenvalue weighted by Crippen LogP contribution is -2.44. The van der Waals surface area contributed by atoms with Crippen LogP contribution in [-0.4, -0.2) is 61.1 Å². The highest BCUT2D eigenvalue weighted by molar-refractivity contribution is 5.83. The van der Waals surface area contributed by atoms with E-state index in [9.17, 15) is 18.0 Å². The number of hydrogen-bond acceptors (Lipinski definition) is 6. The molecule has 1 saturated heterocycles. The highest BCUT2D eigenvalue weighted by Crippen LogP contribution is 2.43. The summed E-state index contributed by atoms with van der Waals surface area (Å²) in [6, 6.07) is 12.0. The number of piperazine rings is 1. The molecule has 4 heterocycles. The Bertz CT molecular complexity index is 1370. The predicted octanol–water partition coefficient (Wildman–Crippen LogP) is 4.96. The zero-order valence-corrected chi connectivity index (χ0v) is 21.8. The Kier molecular flexibility index (Phi) is 7.56. The van der Waals surface area contributed by atoms with Crippen LogP contribution >= 0.6 is 0 Å². The van der Waals surface area contributed by atoms with Crippen molar-refractivity contribution in [3.8, 4) is 17.0 Å². The van der Waals surface area contributed by atoms with Crippen LogP contribution in [0.15, 0.2) is 61.1 Å². The number of amides is 1. The molecule has 3 aromatic rings. The quantitative estimate of drug-likeness (QED) is 0.496. The van der Waals surface area contributed by atoms with E-state index in [0.717, 1.165) is 11.1 Å². The summed E-state index contributed by atoms with van der Waals surface area (Å²) in [5.41, 5.74) is 3.01. The number of alkyl halides is 3. The molecular weight excluding hydrogens is 507 g/mol. The van der Waals surface area contributed by atoms with E-state index in [1.54, 1.807) is 55.9 Å². The summed E-state index contributed by atoms with van der Waals surface area (Å²) in [6.45, 7) is 2.28. The highest BCUT2D eigenvalue weighted by Gasteiger charge is 2.37. The number of ether oxygens (including phenoxy) is 1. The van der Waals surface area contributed by atoms with Gasteiger partial charge in [-0.3, -0.25) is 9.78 Å². The molecule has 2 aliphatic rings. The molecule has 1 amide bonds. The molecule has 0 aliphatic carbocycles. The third-order valence-electron chi connectivity index (χ3n) is 7.27. The number of methoxy groups -OCH3 is 1. The molecule has 1 N–H and O–H groups in total. The van der Waals surface area contributed by atoms with Gasteiger partial charge in [-0.1, -0.05) is 6.07 Å². The van der Waals surface area contributed by atoms with Gasteiger partial charge in [-0.2, -0.15) is 13.2 Å². The molecular formula is C29H30F3N5O2. The van der Waals surface area contributed by atoms with Crippen LogP contribution in [0.3, 0.4) is 0 Å². The smallest absolute Gasteiger partial charge is 0.418 e. The predicted molar refractivity (Wildman–Crippen MR) is 143 cm³/mol. The molecule has 0 bridgehead atoms. The van der Waals surface area contributed by atoms with E-state index in [1.165, 1.54) is 11.0 Å². The van der Waals surface area contributed by atoms with Gasteiger partial charge in [0.25, 0.3) is 0 Å². The zero-order valence-electron chi connectivity index (χ0n) is 21.8. The maximum atomic E-state index is 14.3. The van der Waals surface area contributed by atoms with Gasteiger partial charge in [0.05, 0.1) is 18.4 Å². The molecule has 0 saturated carbocycles. The van der Waals surface area contributed by atoms with E-state index >= 15 is 0 Å². The van der Waals surface area contributed by atoms with Gasteiger partial charge in [-0.05, 0) is 47.9 Å². The molecule has 0 spiro atoms. The molecule has 2 aliphatic heterocycles. The Balaban J connectivity index is 1.57. The zero-order chi connectivity index (χ0) is 27.6.